The van der Waals surface area contributed by atoms with Gasteiger partial charge in [-0.05, 0) is 36.8 Å². The maximum Gasteiger partial charge on any atom is 0.221 e. The van der Waals surface area contributed by atoms with Gasteiger partial charge in [-0.2, -0.15) is 0 Å². The SMILES string of the molecule is CC(=O)Nc1ccc(O[C@H]2COCC=C2C)cc1. The second-order valence-corrected chi connectivity index (χ2v) is 4.30. The van der Waals surface area contributed by atoms with Crippen LogP contribution in [-0.4, -0.2) is 25.2 Å². The molecule has 1 aromatic rings. The molecule has 0 radical (unpaired) electrons. The van der Waals surface area contributed by atoms with Gasteiger partial charge in [-0.1, -0.05) is 6.08 Å². The van der Waals surface area contributed by atoms with Crippen LogP contribution in [0.1, 0.15) is 13.8 Å². The van der Waals surface area contributed by atoms with E-state index in [9.17, 15) is 4.79 Å². The summed E-state index contributed by atoms with van der Waals surface area (Å²) in [5, 5.41) is 2.71. The summed E-state index contributed by atoms with van der Waals surface area (Å²) in [5.74, 6) is 0.690. The molecule has 0 spiro atoms. The second-order valence-electron chi connectivity index (χ2n) is 4.30. The van der Waals surface area contributed by atoms with Gasteiger partial charge < -0.3 is 14.8 Å². The van der Waals surface area contributed by atoms with Crippen LogP contribution in [0, 0.1) is 0 Å². The van der Waals surface area contributed by atoms with Gasteiger partial charge in [0, 0.05) is 12.6 Å². The van der Waals surface area contributed by atoms with E-state index >= 15 is 0 Å². The van der Waals surface area contributed by atoms with Gasteiger partial charge in [0.25, 0.3) is 0 Å². The van der Waals surface area contributed by atoms with Gasteiger partial charge in [-0.15, -0.1) is 0 Å². The number of hydrogen-bond acceptors (Lipinski definition) is 3. The van der Waals surface area contributed by atoms with Crippen LogP contribution in [0.5, 0.6) is 5.75 Å². The predicted molar refractivity (Wildman–Crippen MR) is 69.7 cm³/mol. The molecule has 1 heterocycles. The van der Waals surface area contributed by atoms with Crippen molar-refractivity contribution in [2.24, 2.45) is 0 Å². The third-order valence-corrected chi connectivity index (χ3v) is 2.75. The van der Waals surface area contributed by atoms with Crippen molar-refractivity contribution in [3.63, 3.8) is 0 Å². The molecule has 0 bridgehead atoms. The number of rotatable bonds is 3. The Morgan fingerprint density at radius 1 is 1.39 bits per heavy atom. The van der Waals surface area contributed by atoms with E-state index in [-0.39, 0.29) is 12.0 Å². The van der Waals surface area contributed by atoms with Gasteiger partial charge in [0.1, 0.15) is 11.9 Å². The van der Waals surface area contributed by atoms with Crippen LogP contribution in [0.4, 0.5) is 5.69 Å². The smallest absolute Gasteiger partial charge is 0.221 e. The molecule has 4 nitrogen and oxygen atoms in total. The van der Waals surface area contributed by atoms with Crippen molar-refractivity contribution >= 4 is 11.6 Å². The lowest BCUT2D eigenvalue weighted by Crippen LogP contribution is -2.28. The summed E-state index contributed by atoms with van der Waals surface area (Å²) in [6.07, 6.45) is 2.00. The summed E-state index contributed by atoms with van der Waals surface area (Å²) in [6, 6.07) is 7.32. The van der Waals surface area contributed by atoms with Crippen LogP contribution in [0.3, 0.4) is 0 Å². The highest BCUT2D eigenvalue weighted by molar-refractivity contribution is 5.88. The highest BCUT2D eigenvalue weighted by atomic mass is 16.5. The van der Waals surface area contributed by atoms with Crippen LogP contribution in [0.15, 0.2) is 35.9 Å². The lowest BCUT2D eigenvalue weighted by atomic mass is 10.1. The Balaban J connectivity index is 1.99. The fraction of sp³-hybridized carbons (Fsp3) is 0.357. The molecular formula is C14H17NO3. The fourth-order valence-corrected chi connectivity index (χ4v) is 1.74. The molecule has 0 saturated carbocycles. The van der Waals surface area contributed by atoms with E-state index in [1.54, 1.807) is 0 Å². The second kappa shape index (κ2) is 5.69. The van der Waals surface area contributed by atoms with E-state index in [0.717, 1.165) is 11.4 Å². The van der Waals surface area contributed by atoms with E-state index in [2.05, 4.69) is 5.32 Å². The molecule has 1 aromatic carbocycles. The first-order chi connectivity index (χ1) is 8.65. The minimum Gasteiger partial charge on any atom is -0.484 e. The largest absolute Gasteiger partial charge is 0.484 e. The van der Waals surface area contributed by atoms with E-state index < -0.39 is 0 Å². The van der Waals surface area contributed by atoms with Crippen molar-refractivity contribution in [1.29, 1.82) is 0 Å². The summed E-state index contributed by atoms with van der Waals surface area (Å²) in [4.78, 5) is 10.9. The van der Waals surface area contributed by atoms with Gasteiger partial charge in [-0.25, -0.2) is 0 Å². The maximum atomic E-state index is 10.9. The molecular weight excluding hydrogens is 230 g/mol. The number of hydrogen-bond donors (Lipinski definition) is 1. The minimum atomic E-state index is -0.0804. The van der Waals surface area contributed by atoms with E-state index in [1.165, 1.54) is 12.5 Å². The Morgan fingerprint density at radius 2 is 2.11 bits per heavy atom. The number of nitrogens with one attached hydrogen (secondary N) is 1. The first-order valence-electron chi connectivity index (χ1n) is 5.94. The fourth-order valence-electron chi connectivity index (χ4n) is 1.74. The number of amides is 1. The van der Waals surface area contributed by atoms with Crippen molar-refractivity contribution in [2.45, 2.75) is 20.0 Å². The summed E-state index contributed by atoms with van der Waals surface area (Å²) in [7, 11) is 0. The number of ether oxygens (including phenoxy) is 2. The lowest BCUT2D eigenvalue weighted by Gasteiger charge is -2.23. The van der Waals surface area contributed by atoms with Gasteiger partial charge >= 0.3 is 0 Å². The van der Waals surface area contributed by atoms with E-state index in [4.69, 9.17) is 9.47 Å². The quantitative estimate of drug-likeness (QED) is 0.834. The van der Waals surface area contributed by atoms with Crippen molar-refractivity contribution in [1.82, 2.24) is 0 Å². The number of benzene rings is 1. The predicted octanol–water partition coefficient (Wildman–Crippen LogP) is 2.37. The maximum absolute atomic E-state index is 10.9. The molecule has 0 saturated heterocycles. The van der Waals surface area contributed by atoms with Gasteiger partial charge in [0.05, 0.1) is 13.2 Å². The Hall–Kier alpha value is -1.81. The first-order valence-corrected chi connectivity index (χ1v) is 5.94. The lowest BCUT2D eigenvalue weighted by molar-refractivity contribution is -0.114. The molecule has 18 heavy (non-hydrogen) atoms. The number of carbonyl (C=O) groups is 1. The molecule has 0 aliphatic carbocycles. The summed E-state index contributed by atoms with van der Waals surface area (Å²) < 4.78 is 11.2. The van der Waals surface area contributed by atoms with Crippen LogP contribution in [0.2, 0.25) is 0 Å². The molecule has 1 atom stereocenters. The van der Waals surface area contributed by atoms with E-state index in [0.29, 0.717) is 13.2 Å². The minimum absolute atomic E-state index is 0.0228. The summed E-state index contributed by atoms with van der Waals surface area (Å²) in [6.45, 7) is 4.76. The van der Waals surface area contributed by atoms with Crippen molar-refractivity contribution in [3.8, 4) is 5.75 Å². The van der Waals surface area contributed by atoms with E-state index in [1.807, 2.05) is 37.3 Å². The average molecular weight is 247 g/mol. The molecule has 1 amide bonds. The standard InChI is InChI=1S/C14H17NO3/c1-10-7-8-17-9-14(10)18-13-5-3-12(4-6-13)15-11(2)16/h3-7,14H,8-9H2,1-2H3,(H,15,16)/t14-/m0/s1. The zero-order valence-corrected chi connectivity index (χ0v) is 10.6. The zero-order chi connectivity index (χ0) is 13.0. The van der Waals surface area contributed by atoms with Crippen molar-refractivity contribution < 1.29 is 14.3 Å². The topological polar surface area (TPSA) is 47.6 Å². The molecule has 2 rings (SSSR count). The highest BCUT2D eigenvalue weighted by Crippen LogP contribution is 2.20. The van der Waals surface area contributed by atoms with Gasteiger partial charge in [0.15, 0.2) is 0 Å². The Morgan fingerprint density at radius 3 is 2.72 bits per heavy atom. The molecule has 0 unspecified atom stereocenters. The normalized spacial score (nSPS) is 19.0. The van der Waals surface area contributed by atoms with Crippen molar-refractivity contribution in [3.05, 3.63) is 35.9 Å². The van der Waals surface area contributed by atoms with Crippen LogP contribution < -0.4 is 10.1 Å². The molecule has 0 aromatic heterocycles. The highest BCUT2D eigenvalue weighted by Gasteiger charge is 2.16. The van der Waals surface area contributed by atoms with Crippen LogP contribution in [0.25, 0.3) is 0 Å². The molecule has 4 heteroatoms. The monoisotopic (exact) mass is 247 g/mol. The van der Waals surface area contributed by atoms with Crippen molar-refractivity contribution in [2.75, 3.05) is 18.5 Å². The Kier molecular flexibility index (Phi) is 3.99. The van der Waals surface area contributed by atoms with Crippen LogP contribution in [-0.2, 0) is 9.53 Å². The van der Waals surface area contributed by atoms with Crippen LogP contribution >= 0.6 is 0 Å². The Bertz CT molecular complexity index is 451. The number of carbonyl (C=O) groups excluding carboxylic acids is 1. The first kappa shape index (κ1) is 12.6. The zero-order valence-electron chi connectivity index (χ0n) is 10.6. The Labute approximate surface area is 107 Å². The molecule has 0 fully saturated rings. The average Bonchev–Trinajstić information content (AvgIpc) is 2.34. The summed E-state index contributed by atoms with van der Waals surface area (Å²) >= 11 is 0. The molecule has 96 valence electrons. The van der Waals surface area contributed by atoms with Gasteiger partial charge in [-0.3, -0.25) is 4.79 Å². The van der Waals surface area contributed by atoms with Gasteiger partial charge in [0.2, 0.25) is 5.91 Å². The third-order valence-electron chi connectivity index (χ3n) is 2.75. The number of anilines is 1. The molecule has 1 N–H and O–H groups in total. The molecule has 1 aliphatic rings. The summed E-state index contributed by atoms with van der Waals surface area (Å²) in [5.41, 5.74) is 1.95. The third kappa shape index (κ3) is 3.34. The molecule has 1 aliphatic heterocycles.